The third-order valence-corrected chi connectivity index (χ3v) is 7.38. The van der Waals surface area contributed by atoms with E-state index in [9.17, 15) is 0 Å². The van der Waals surface area contributed by atoms with Crippen molar-refractivity contribution in [2.45, 2.75) is 83.5 Å². The molecule has 1 atom stereocenters. The molecule has 0 aromatic heterocycles. The minimum absolute atomic E-state index is 0.769. The van der Waals surface area contributed by atoms with Gasteiger partial charge in [-0.3, -0.25) is 0 Å². The molecule has 2 heteroatoms. The highest BCUT2D eigenvalue weighted by molar-refractivity contribution is 6.77. The van der Waals surface area contributed by atoms with Gasteiger partial charge in [0, 0.05) is 5.02 Å². The van der Waals surface area contributed by atoms with Gasteiger partial charge in [-0.25, -0.2) is 0 Å². The molecule has 1 aromatic rings. The third kappa shape index (κ3) is 7.51. The summed E-state index contributed by atoms with van der Waals surface area (Å²) in [6.45, 7) is 9.76. The van der Waals surface area contributed by atoms with Crippen LogP contribution in [0.2, 0.25) is 24.7 Å². The topological polar surface area (TPSA) is 0 Å². The first-order chi connectivity index (χ1) is 9.95. The highest BCUT2D eigenvalue weighted by atomic mass is 35.5. The second-order valence-corrected chi connectivity index (χ2v) is 13.2. The van der Waals surface area contributed by atoms with Crippen LogP contribution >= 0.6 is 11.6 Å². The number of hydrogen-bond donors (Lipinski definition) is 0. The van der Waals surface area contributed by atoms with Crippen LogP contribution in [0.15, 0.2) is 24.3 Å². The van der Waals surface area contributed by atoms with Crippen molar-refractivity contribution in [3.63, 3.8) is 0 Å². The summed E-state index contributed by atoms with van der Waals surface area (Å²) in [7, 11) is -1.17. The van der Waals surface area contributed by atoms with Crippen molar-refractivity contribution in [3.8, 4) is 0 Å². The van der Waals surface area contributed by atoms with Crippen LogP contribution in [-0.2, 0) is 0 Å². The third-order valence-electron chi connectivity index (χ3n) is 4.41. The van der Waals surface area contributed by atoms with E-state index in [0.717, 1.165) is 10.6 Å². The van der Waals surface area contributed by atoms with Gasteiger partial charge in [0.2, 0.25) is 0 Å². The second-order valence-electron chi connectivity index (χ2n) is 7.38. The lowest BCUT2D eigenvalue weighted by Crippen LogP contribution is -2.31. The molecule has 0 nitrogen and oxygen atoms in total. The van der Waals surface area contributed by atoms with Crippen molar-refractivity contribution >= 4 is 19.7 Å². The fourth-order valence-electron chi connectivity index (χ4n) is 3.10. The Balaban J connectivity index is 2.43. The van der Waals surface area contributed by atoms with Crippen LogP contribution in [0.4, 0.5) is 0 Å². The molecular formula is C19H33ClSi. The molecule has 0 heterocycles. The predicted octanol–water partition coefficient (Wildman–Crippen LogP) is 7.44. The van der Waals surface area contributed by atoms with E-state index < -0.39 is 8.07 Å². The lowest BCUT2D eigenvalue weighted by atomic mass is 10.0. The van der Waals surface area contributed by atoms with Gasteiger partial charge in [-0.1, -0.05) is 95.2 Å². The van der Waals surface area contributed by atoms with E-state index >= 15 is 0 Å². The molecule has 0 aliphatic rings. The number of rotatable bonds is 10. The van der Waals surface area contributed by atoms with Crippen LogP contribution in [0.3, 0.4) is 0 Å². The Morgan fingerprint density at radius 2 is 1.38 bits per heavy atom. The first kappa shape index (κ1) is 18.8. The molecule has 0 bridgehead atoms. The molecule has 0 N–H and O–H groups in total. The summed E-state index contributed by atoms with van der Waals surface area (Å²) in [5.74, 6) is 0. The predicted molar refractivity (Wildman–Crippen MR) is 100 cm³/mol. The SMILES string of the molecule is CCCCCCCCCC(c1ccc(Cl)cc1)[Si](C)(C)C. The summed E-state index contributed by atoms with van der Waals surface area (Å²) >= 11 is 6.03. The molecule has 0 aliphatic heterocycles. The quantitative estimate of drug-likeness (QED) is 0.310. The molecule has 0 radical (unpaired) electrons. The Morgan fingerprint density at radius 3 is 1.90 bits per heavy atom. The first-order valence-electron chi connectivity index (χ1n) is 8.70. The number of unbranched alkanes of at least 4 members (excludes halogenated alkanes) is 6. The normalized spacial score (nSPS) is 13.4. The van der Waals surface area contributed by atoms with E-state index in [0.29, 0.717) is 0 Å². The zero-order valence-corrected chi connectivity index (χ0v) is 16.2. The molecule has 1 rings (SSSR count). The van der Waals surface area contributed by atoms with Crippen LogP contribution in [0.25, 0.3) is 0 Å². The van der Waals surface area contributed by atoms with Crippen LogP contribution in [0.5, 0.6) is 0 Å². The molecule has 0 aliphatic carbocycles. The fourth-order valence-corrected chi connectivity index (χ4v) is 5.49. The maximum atomic E-state index is 6.03. The van der Waals surface area contributed by atoms with Crippen molar-refractivity contribution in [1.82, 2.24) is 0 Å². The molecule has 21 heavy (non-hydrogen) atoms. The fraction of sp³-hybridized carbons (Fsp3) is 0.684. The van der Waals surface area contributed by atoms with Crippen molar-refractivity contribution in [1.29, 1.82) is 0 Å². The van der Waals surface area contributed by atoms with Gasteiger partial charge in [-0.15, -0.1) is 0 Å². The van der Waals surface area contributed by atoms with Crippen molar-refractivity contribution in [3.05, 3.63) is 34.9 Å². The lowest BCUT2D eigenvalue weighted by Gasteiger charge is -2.29. The van der Waals surface area contributed by atoms with E-state index in [1.165, 1.54) is 56.9 Å². The van der Waals surface area contributed by atoms with Crippen LogP contribution in [-0.4, -0.2) is 8.07 Å². The molecule has 1 unspecified atom stereocenters. The summed E-state index contributed by atoms with van der Waals surface area (Å²) in [5.41, 5.74) is 2.27. The van der Waals surface area contributed by atoms with E-state index in [1.54, 1.807) is 0 Å². The van der Waals surface area contributed by atoms with E-state index in [2.05, 4.69) is 50.8 Å². The smallest absolute Gasteiger partial charge is 0.0521 e. The van der Waals surface area contributed by atoms with E-state index in [4.69, 9.17) is 11.6 Å². The van der Waals surface area contributed by atoms with Gasteiger partial charge in [-0.05, 0) is 29.7 Å². The molecule has 0 saturated heterocycles. The Labute approximate surface area is 138 Å². The largest absolute Gasteiger partial charge is 0.0843 e. The molecule has 120 valence electrons. The van der Waals surface area contributed by atoms with Crippen molar-refractivity contribution in [2.24, 2.45) is 0 Å². The molecule has 0 fully saturated rings. The highest BCUT2D eigenvalue weighted by Gasteiger charge is 2.27. The Bertz CT molecular complexity index is 378. The molecular weight excluding hydrogens is 292 g/mol. The summed E-state index contributed by atoms with van der Waals surface area (Å²) in [5, 5.41) is 0.851. The highest BCUT2D eigenvalue weighted by Crippen LogP contribution is 2.32. The average molecular weight is 325 g/mol. The average Bonchev–Trinajstić information content (AvgIpc) is 2.42. The second kappa shape index (κ2) is 9.68. The molecule has 0 spiro atoms. The van der Waals surface area contributed by atoms with E-state index in [-0.39, 0.29) is 0 Å². The first-order valence-corrected chi connectivity index (χ1v) is 12.7. The van der Waals surface area contributed by atoms with Crippen LogP contribution in [0.1, 0.15) is 69.4 Å². The van der Waals surface area contributed by atoms with Gasteiger partial charge >= 0.3 is 0 Å². The van der Waals surface area contributed by atoms with Crippen LogP contribution < -0.4 is 0 Å². The monoisotopic (exact) mass is 324 g/mol. The molecule has 0 saturated carbocycles. The standard InChI is InChI=1S/C19H33ClSi/c1-5-6-7-8-9-10-11-12-19(21(2,3)4)17-13-15-18(20)16-14-17/h13-16,19H,5-12H2,1-4H3. The van der Waals surface area contributed by atoms with Crippen molar-refractivity contribution in [2.75, 3.05) is 0 Å². The van der Waals surface area contributed by atoms with Crippen LogP contribution in [0, 0.1) is 0 Å². The van der Waals surface area contributed by atoms with Gasteiger partial charge in [0.15, 0.2) is 0 Å². The summed E-state index contributed by atoms with van der Waals surface area (Å²) in [4.78, 5) is 0. The lowest BCUT2D eigenvalue weighted by molar-refractivity contribution is 0.568. The zero-order valence-electron chi connectivity index (χ0n) is 14.4. The minimum Gasteiger partial charge on any atom is -0.0843 e. The van der Waals surface area contributed by atoms with Gasteiger partial charge < -0.3 is 0 Å². The number of benzene rings is 1. The van der Waals surface area contributed by atoms with Crippen molar-refractivity contribution < 1.29 is 0 Å². The Hall–Kier alpha value is -0.273. The zero-order chi connectivity index (χ0) is 15.7. The molecule has 1 aromatic carbocycles. The number of halogens is 1. The maximum Gasteiger partial charge on any atom is 0.0521 e. The van der Waals surface area contributed by atoms with E-state index in [1.807, 2.05) is 0 Å². The minimum atomic E-state index is -1.17. The summed E-state index contributed by atoms with van der Waals surface area (Å²) in [6, 6.07) is 8.59. The Kier molecular flexibility index (Phi) is 8.66. The van der Waals surface area contributed by atoms with Gasteiger partial charge in [0.25, 0.3) is 0 Å². The number of hydrogen-bond acceptors (Lipinski definition) is 0. The van der Waals surface area contributed by atoms with Gasteiger partial charge in [0.05, 0.1) is 8.07 Å². The molecule has 0 amide bonds. The van der Waals surface area contributed by atoms with Gasteiger partial charge in [-0.2, -0.15) is 0 Å². The van der Waals surface area contributed by atoms with Gasteiger partial charge in [0.1, 0.15) is 0 Å². The Morgan fingerprint density at radius 1 is 0.857 bits per heavy atom. The maximum absolute atomic E-state index is 6.03. The summed E-state index contributed by atoms with van der Waals surface area (Å²) < 4.78 is 0. The summed E-state index contributed by atoms with van der Waals surface area (Å²) in [6.07, 6.45) is 11.1.